The number of hydrogen-bond donors (Lipinski definition) is 3. The molecule has 1 aromatic rings. The minimum atomic E-state index is -3.58. The first-order valence-corrected chi connectivity index (χ1v) is 7.26. The lowest BCUT2D eigenvalue weighted by Gasteiger charge is -2.16. The van der Waals surface area contributed by atoms with Gasteiger partial charge in [-0.2, -0.15) is 0 Å². The van der Waals surface area contributed by atoms with Crippen LogP contribution in [0.15, 0.2) is 17.0 Å². The van der Waals surface area contributed by atoms with Gasteiger partial charge in [0.1, 0.15) is 0 Å². The molecule has 102 valence electrons. The minimum absolute atomic E-state index is 0.0522. The molecule has 6 heteroatoms. The summed E-state index contributed by atoms with van der Waals surface area (Å²) >= 11 is 0. The number of nitrogens with two attached hydrogens (primary N) is 1. The van der Waals surface area contributed by atoms with Crippen LogP contribution in [-0.2, 0) is 10.0 Å². The van der Waals surface area contributed by atoms with Gasteiger partial charge in [-0.3, -0.25) is 0 Å². The molecule has 0 heterocycles. The second kappa shape index (κ2) is 5.69. The van der Waals surface area contributed by atoms with E-state index < -0.39 is 10.0 Å². The molecule has 0 spiro atoms. The fourth-order valence-electron chi connectivity index (χ4n) is 1.98. The second-order valence-corrected chi connectivity index (χ2v) is 6.17. The Labute approximate surface area is 108 Å². The van der Waals surface area contributed by atoms with Crippen LogP contribution in [0.2, 0.25) is 0 Å². The van der Waals surface area contributed by atoms with Crippen molar-refractivity contribution < 1.29 is 13.5 Å². The highest BCUT2D eigenvalue weighted by molar-refractivity contribution is 7.89. The molecule has 1 unspecified atom stereocenters. The average molecular weight is 272 g/mol. The maximum atomic E-state index is 12.2. The zero-order valence-electron chi connectivity index (χ0n) is 10.9. The van der Waals surface area contributed by atoms with E-state index in [1.807, 2.05) is 0 Å². The van der Waals surface area contributed by atoms with Crippen LogP contribution < -0.4 is 10.5 Å². The summed E-state index contributed by atoms with van der Waals surface area (Å²) in [5.41, 5.74) is 7.46. The molecule has 0 saturated carbocycles. The van der Waals surface area contributed by atoms with E-state index in [9.17, 15) is 8.42 Å². The van der Waals surface area contributed by atoms with E-state index in [4.69, 9.17) is 10.8 Å². The Bertz CT molecular complexity index is 503. The number of benzene rings is 1. The second-order valence-electron chi connectivity index (χ2n) is 4.52. The van der Waals surface area contributed by atoms with Crippen LogP contribution >= 0.6 is 0 Å². The first kappa shape index (κ1) is 14.9. The smallest absolute Gasteiger partial charge is 0.241 e. The number of aryl methyl sites for hydroxylation is 2. The summed E-state index contributed by atoms with van der Waals surface area (Å²) in [7, 11) is -3.58. The van der Waals surface area contributed by atoms with Crippen LogP contribution in [-0.4, -0.2) is 26.2 Å². The summed E-state index contributed by atoms with van der Waals surface area (Å²) < 4.78 is 27.0. The number of aliphatic hydroxyl groups excluding tert-OH is 1. The van der Waals surface area contributed by atoms with Crippen molar-refractivity contribution in [3.05, 3.63) is 23.3 Å². The summed E-state index contributed by atoms with van der Waals surface area (Å²) in [4.78, 5) is 0.265. The molecule has 0 radical (unpaired) electrons. The van der Waals surface area contributed by atoms with Crippen LogP contribution in [0, 0.1) is 13.8 Å². The number of rotatable bonds is 5. The molecule has 0 amide bonds. The van der Waals surface area contributed by atoms with Crippen LogP contribution in [0.25, 0.3) is 0 Å². The molecule has 0 aliphatic carbocycles. The molecule has 4 N–H and O–H groups in total. The molecule has 0 bridgehead atoms. The van der Waals surface area contributed by atoms with E-state index in [0.29, 0.717) is 23.2 Å². The SMILES string of the molecule is Cc1cc(N)cc(C)c1S(=O)(=O)NC(C)CCO. The lowest BCUT2D eigenvalue weighted by atomic mass is 10.1. The number of aliphatic hydroxyl groups is 1. The quantitative estimate of drug-likeness (QED) is 0.695. The third-order valence-corrected chi connectivity index (χ3v) is 4.56. The summed E-state index contributed by atoms with van der Waals surface area (Å²) in [6.07, 6.45) is 0.381. The Morgan fingerprint density at radius 1 is 1.33 bits per heavy atom. The molecule has 1 atom stereocenters. The lowest BCUT2D eigenvalue weighted by Crippen LogP contribution is -2.34. The third kappa shape index (κ3) is 3.44. The van der Waals surface area contributed by atoms with Crippen LogP contribution in [0.1, 0.15) is 24.5 Å². The van der Waals surface area contributed by atoms with Crippen molar-refractivity contribution in [3.63, 3.8) is 0 Å². The highest BCUT2D eigenvalue weighted by Gasteiger charge is 2.21. The van der Waals surface area contributed by atoms with E-state index in [1.54, 1.807) is 32.9 Å². The molecular formula is C12H20N2O3S. The third-order valence-electron chi connectivity index (χ3n) is 2.67. The van der Waals surface area contributed by atoms with Crippen molar-refractivity contribution in [1.82, 2.24) is 4.72 Å². The molecule has 1 rings (SSSR count). The zero-order valence-corrected chi connectivity index (χ0v) is 11.7. The first-order chi connectivity index (χ1) is 8.27. The van der Waals surface area contributed by atoms with E-state index in [-0.39, 0.29) is 17.5 Å². The highest BCUT2D eigenvalue weighted by atomic mass is 32.2. The van der Waals surface area contributed by atoms with E-state index in [1.165, 1.54) is 0 Å². The molecule has 0 aromatic heterocycles. The molecule has 0 aliphatic rings. The number of anilines is 1. The van der Waals surface area contributed by atoms with E-state index in [0.717, 1.165) is 0 Å². The van der Waals surface area contributed by atoms with Gasteiger partial charge >= 0.3 is 0 Å². The predicted octanol–water partition coefficient (Wildman–Crippen LogP) is 0.935. The van der Waals surface area contributed by atoms with Crippen molar-refractivity contribution in [1.29, 1.82) is 0 Å². The predicted molar refractivity (Wildman–Crippen MR) is 71.8 cm³/mol. The van der Waals surface area contributed by atoms with Crippen molar-refractivity contribution in [2.24, 2.45) is 0 Å². The highest BCUT2D eigenvalue weighted by Crippen LogP contribution is 2.23. The van der Waals surface area contributed by atoms with Gasteiger partial charge < -0.3 is 10.8 Å². The molecule has 0 saturated heterocycles. The van der Waals surface area contributed by atoms with Gasteiger partial charge in [-0.25, -0.2) is 13.1 Å². The average Bonchev–Trinajstić information content (AvgIpc) is 2.13. The van der Waals surface area contributed by atoms with Gasteiger partial charge in [0.05, 0.1) is 4.90 Å². The largest absolute Gasteiger partial charge is 0.399 e. The summed E-state index contributed by atoms with van der Waals surface area (Å²) in [6, 6.07) is 2.97. The Balaban J connectivity index is 3.13. The lowest BCUT2D eigenvalue weighted by molar-refractivity contribution is 0.275. The molecule has 5 nitrogen and oxygen atoms in total. The Hall–Kier alpha value is -1.11. The van der Waals surface area contributed by atoms with Crippen molar-refractivity contribution in [2.45, 2.75) is 38.1 Å². The fourth-order valence-corrected chi connectivity index (χ4v) is 3.72. The Morgan fingerprint density at radius 2 is 1.83 bits per heavy atom. The first-order valence-electron chi connectivity index (χ1n) is 5.78. The van der Waals surface area contributed by atoms with Crippen LogP contribution in [0.5, 0.6) is 0 Å². The summed E-state index contributed by atoms with van der Waals surface area (Å²) in [5.74, 6) is 0. The van der Waals surface area contributed by atoms with Crippen LogP contribution in [0.3, 0.4) is 0 Å². The fraction of sp³-hybridized carbons (Fsp3) is 0.500. The van der Waals surface area contributed by atoms with Crippen molar-refractivity contribution >= 4 is 15.7 Å². The van der Waals surface area contributed by atoms with Crippen molar-refractivity contribution in [2.75, 3.05) is 12.3 Å². The Kier molecular flexibility index (Phi) is 4.72. The number of nitrogen functional groups attached to an aromatic ring is 1. The number of hydrogen-bond acceptors (Lipinski definition) is 4. The molecule has 0 fully saturated rings. The van der Waals surface area contributed by atoms with Gasteiger partial charge in [0.25, 0.3) is 0 Å². The zero-order chi connectivity index (χ0) is 13.9. The minimum Gasteiger partial charge on any atom is -0.399 e. The van der Waals surface area contributed by atoms with Crippen LogP contribution in [0.4, 0.5) is 5.69 Å². The van der Waals surface area contributed by atoms with Gasteiger partial charge in [-0.15, -0.1) is 0 Å². The maximum absolute atomic E-state index is 12.2. The molecule has 1 aromatic carbocycles. The topological polar surface area (TPSA) is 92.4 Å². The molecule has 0 aliphatic heterocycles. The van der Waals surface area contributed by atoms with Gasteiger partial charge in [0, 0.05) is 18.3 Å². The summed E-state index contributed by atoms with van der Waals surface area (Å²) in [6.45, 7) is 5.10. The van der Waals surface area contributed by atoms with Gasteiger partial charge in [0.2, 0.25) is 10.0 Å². The number of nitrogens with one attached hydrogen (secondary N) is 1. The number of sulfonamides is 1. The van der Waals surface area contributed by atoms with Gasteiger partial charge in [0.15, 0.2) is 0 Å². The van der Waals surface area contributed by atoms with E-state index in [2.05, 4.69) is 4.72 Å². The van der Waals surface area contributed by atoms with Gasteiger partial charge in [-0.1, -0.05) is 0 Å². The monoisotopic (exact) mass is 272 g/mol. The molecular weight excluding hydrogens is 252 g/mol. The summed E-state index contributed by atoms with van der Waals surface area (Å²) in [5, 5.41) is 8.80. The normalized spacial score (nSPS) is 13.6. The van der Waals surface area contributed by atoms with Gasteiger partial charge in [-0.05, 0) is 50.5 Å². The standard InChI is InChI=1S/C12H20N2O3S/c1-8-6-11(13)7-9(2)12(8)18(16,17)14-10(3)4-5-15/h6-7,10,14-15H,4-5,13H2,1-3H3. The maximum Gasteiger partial charge on any atom is 0.241 e. The molecule has 18 heavy (non-hydrogen) atoms. The van der Waals surface area contributed by atoms with E-state index >= 15 is 0 Å². The van der Waals surface area contributed by atoms with Crippen molar-refractivity contribution in [3.8, 4) is 0 Å². The Morgan fingerprint density at radius 3 is 2.28 bits per heavy atom.